The Labute approximate surface area is 131 Å². The quantitative estimate of drug-likeness (QED) is 0.664. The highest BCUT2D eigenvalue weighted by Crippen LogP contribution is 2.52. The largest absolute Gasteiger partial charge is 0.377 e. The molecule has 0 radical (unpaired) electrons. The van der Waals surface area contributed by atoms with Crippen LogP contribution in [0.5, 0.6) is 0 Å². The third kappa shape index (κ3) is 2.81. The Balaban J connectivity index is 1.66. The van der Waals surface area contributed by atoms with E-state index in [4.69, 9.17) is 9.73 Å². The number of nitrogens with one attached hydrogen (secondary N) is 2. The number of hydrogen-bond acceptors (Lipinski definition) is 3. The van der Waals surface area contributed by atoms with Gasteiger partial charge < -0.3 is 15.4 Å². The molecule has 2 heterocycles. The molecule has 1 aliphatic heterocycles. The van der Waals surface area contributed by atoms with Crippen molar-refractivity contribution in [3.05, 3.63) is 22.4 Å². The molecule has 3 unspecified atom stereocenters. The fourth-order valence-electron chi connectivity index (χ4n) is 3.64. The maximum Gasteiger partial charge on any atom is 0.191 e. The van der Waals surface area contributed by atoms with E-state index in [-0.39, 0.29) is 5.41 Å². The van der Waals surface area contributed by atoms with E-state index in [1.807, 2.05) is 0 Å². The van der Waals surface area contributed by atoms with Crippen LogP contribution in [0.1, 0.15) is 32.8 Å². The van der Waals surface area contributed by atoms with Gasteiger partial charge in [-0.1, -0.05) is 13.8 Å². The van der Waals surface area contributed by atoms with Crippen molar-refractivity contribution in [3.63, 3.8) is 0 Å². The van der Waals surface area contributed by atoms with Crippen LogP contribution < -0.4 is 10.6 Å². The second-order valence-electron chi connectivity index (χ2n) is 6.51. The second-order valence-corrected chi connectivity index (χ2v) is 7.29. The van der Waals surface area contributed by atoms with Crippen LogP contribution in [0, 0.1) is 11.3 Å². The standard InChI is InChI=1S/C16H25N3OS/c1-4-17-15(18-9-11-6-8-21-10-11)19-13-12-5-7-20-14(12)16(13,2)3/h6,8,10,12-14H,4-5,7,9H2,1-3H3,(H2,17,18,19). The van der Waals surface area contributed by atoms with Crippen molar-refractivity contribution in [2.45, 2.75) is 45.9 Å². The van der Waals surface area contributed by atoms with Gasteiger partial charge in [-0.05, 0) is 35.7 Å². The summed E-state index contributed by atoms with van der Waals surface area (Å²) < 4.78 is 5.86. The summed E-state index contributed by atoms with van der Waals surface area (Å²) in [5.74, 6) is 1.55. The zero-order valence-electron chi connectivity index (χ0n) is 13.1. The molecule has 5 heteroatoms. The first-order valence-electron chi connectivity index (χ1n) is 7.80. The Hall–Kier alpha value is -1.07. The van der Waals surface area contributed by atoms with Crippen LogP contribution in [0.25, 0.3) is 0 Å². The van der Waals surface area contributed by atoms with E-state index < -0.39 is 0 Å². The third-order valence-corrected chi connectivity index (χ3v) is 5.47. The van der Waals surface area contributed by atoms with E-state index in [0.717, 1.165) is 32.1 Å². The van der Waals surface area contributed by atoms with Gasteiger partial charge in [0.25, 0.3) is 0 Å². The Bertz CT molecular complexity index is 498. The van der Waals surface area contributed by atoms with Crippen LogP contribution >= 0.6 is 11.3 Å². The average Bonchev–Trinajstić information content (AvgIpc) is 3.11. The minimum absolute atomic E-state index is 0.180. The Kier molecular flexibility index (Phi) is 4.22. The molecule has 1 aromatic heterocycles. The Morgan fingerprint density at radius 1 is 1.52 bits per heavy atom. The zero-order valence-corrected chi connectivity index (χ0v) is 13.9. The Morgan fingerprint density at radius 3 is 3.10 bits per heavy atom. The van der Waals surface area contributed by atoms with Gasteiger partial charge in [0, 0.05) is 30.5 Å². The fourth-order valence-corrected chi connectivity index (χ4v) is 4.30. The smallest absolute Gasteiger partial charge is 0.191 e. The summed E-state index contributed by atoms with van der Waals surface area (Å²) in [6.45, 7) is 9.21. The third-order valence-electron chi connectivity index (χ3n) is 4.74. The molecular weight excluding hydrogens is 282 g/mol. The molecule has 2 fully saturated rings. The summed E-state index contributed by atoms with van der Waals surface area (Å²) in [5, 5.41) is 11.3. The SMILES string of the molecule is CCNC(=NCc1ccsc1)NC1C2CCOC2C1(C)C. The van der Waals surface area contributed by atoms with Crippen LogP contribution in [0.2, 0.25) is 0 Å². The summed E-state index contributed by atoms with van der Waals surface area (Å²) in [6.07, 6.45) is 1.57. The monoisotopic (exact) mass is 307 g/mol. The summed E-state index contributed by atoms with van der Waals surface area (Å²) >= 11 is 1.72. The van der Waals surface area contributed by atoms with Gasteiger partial charge in [0.1, 0.15) is 0 Å². The van der Waals surface area contributed by atoms with Gasteiger partial charge in [-0.25, -0.2) is 4.99 Å². The van der Waals surface area contributed by atoms with Gasteiger partial charge in [0.05, 0.1) is 12.6 Å². The lowest BCUT2D eigenvalue weighted by Gasteiger charge is -2.54. The second kappa shape index (κ2) is 5.97. The first-order valence-corrected chi connectivity index (χ1v) is 8.74. The summed E-state index contributed by atoms with van der Waals surface area (Å²) in [5.41, 5.74) is 1.45. The van der Waals surface area contributed by atoms with Gasteiger partial charge in [-0.3, -0.25) is 0 Å². The topological polar surface area (TPSA) is 45.7 Å². The van der Waals surface area contributed by atoms with E-state index in [0.29, 0.717) is 18.1 Å². The molecule has 0 amide bonds. The molecule has 3 rings (SSSR count). The average molecular weight is 307 g/mol. The molecule has 2 N–H and O–H groups in total. The highest BCUT2D eigenvalue weighted by Gasteiger charge is 2.59. The first kappa shape index (κ1) is 14.9. The molecule has 0 spiro atoms. The molecule has 1 saturated heterocycles. The van der Waals surface area contributed by atoms with Crippen LogP contribution in [0.15, 0.2) is 21.8 Å². The number of ether oxygens (including phenoxy) is 1. The number of hydrogen-bond donors (Lipinski definition) is 2. The molecule has 0 aromatic carbocycles. The molecule has 21 heavy (non-hydrogen) atoms. The molecule has 4 nitrogen and oxygen atoms in total. The lowest BCUT2D eigenvalue weighted by atomic mass is 9.57. The van der Waals surface area contributed by atoms with E-state index in [9.17, 15) is 0 Å². The summed E-state index contributed by atoms with van der Waals surface area (Å²) in [6, 6.07) is 2.58. The van der Waals surface area contributed by atoms with E-state index in [2.05, 4.69) is 48.2 Å². The van der Waals surface area contributed by atoms with E-state index >= 15 is 0 Å². The van der Waals surface area contributed by atoms with Crippen LogP contribution in [0.3, 0.4) is 0 Å². The summed E-state index contributed by atoms with van der Waals surface area (Å²) in [7, 11) is 0. The van der Waals surface area contributed by atoms with Gasteiger partial charge >= 0.3 is 0 Å². The molecule has 0 bridgehead atoms. The number of aliphatic imine (C=N–C) groups is 1. The van der Waals surface area contributed by atoms with Gasteiger partial charge in [-0.15, -0.1) is 0 Å². The first-order chi connectivity index (χ1) is 10.1. The van der Waals surface area contributed by atoms with E-state index in [1.165, 1.54) is 5.56 Å². The van der Waals surface area contributed by atoms with Crippen LogP contribution in [-0.4, -0.2) is 31.3 Å². The minimum atomic E-state index is 0.180. The molecule has 2 aliphatic rings. The molecule has 1 aromatic rings. The minimum Gasteiger partial charge on any atom is -0.377 e. The molecule has 1 aliphatic carbocycles. The highest BCUT2D eigenvalue weighted by atomic mass is 32.1. The zero-order chi connectivity index (χ0) is 14.9. The van der Waals surface area contributed by atoms with Crippen LogP contribution in [-0.2, 0) is 11.3 Å². The van der Waals surface area contributed by atoms with Crippen LogP contribution in [0.4, 0.5) is 0 Å². The van der Waals surface area contributed by atoms with Crippen molar-refractivity contribution in [2.24, 2.45) is 16.3 Å². The number of nitrogens with zero attached hydrogens (tertiary/aromatic N) is 1. The lowest BCUT2D eigenvalue weighted by molar-refractivity contribution is -0.106. The van der Waals surface area contributed by atoms with Gasteiger partial charge in [-0.2, -0.15) is 11.3 Å². The maximum atomic E-state index is 5.86. The highest BCUT2D eigenvalue weighted by molar-refractivity contribution is 7.07. The normalized spacial score (nSPS) is 30.6. The molecule has 1 saturated carbocycles. The predicted octanol–water partition coefficient (Wildman–Crippen LogP) is 2.62. The number of thiophene rings is 1. The van der Waals surface area contributed by atoms with Crippen molar-refractivity contribution in [2.75, 3.05) is 13.2 Å². The summed E-state index contributed by atoms with van der Waals surface area (Å²) in [4.78, 5) is 4.72. The van der Waals surface area contributed by atoms with Crippen molar-refractivity contribution in [1.29, 1.82) is 0 Å². The van der Waals surface area contributed by atoms with Crippen molar-refractivity contribution in [1.82, 2.24) is 10.6 Å². The molecular formula is C16H25N3OS. The number of guanidine groups is 1. The van der Waals surface area contributed by atoms with E-state index in [1.54, 1.807) is 11.3 Å². The molecule has 116 valence electrons. The van der Waals surface area contributed by atoms with Gasteiger partial charge in [0.15, 0.2) is 5.96 Å². The van der Waals surface area contributed by atoms with Crippen molar-refractivity contribution < 1.29 is 4.74 Å². The van der Waals surface area contributed by atoms with Crippen molar-refractivity contribution >= 4 is 17.3 Å². The molecule has 3 atom stereocenters. The fraction of sp³-hybridized carbons (Fsp3) is 0.688. The van der Waals surface area contributed by atoms with Crippen molar-refractivity contribution in [3.8, 4) is 0 Å². The maximum absolute atomic E-state index is 5.86. The number of fused-ring (bicyclic) bond motifs is 1. The predicted molar refractivity (Wildman–Crippen MR) is 87.7 cm³/mol. The Morgan fingerprint density at radius 2 is 2.38 bits per heavy atom. The van der Waals surface area contributed by atoms with Gasteiger partial charge in [0.2, 0.25) is 0 Å². The lowest BCUT2D eigenvalue weighted by Crippen LogP contribution is -2.67. The number of rotatable bonds is 4.